The molecule has 45 heavy (non-hydrogen) atoms. The van der Waals surface area contributed by atoms with E-state index in [9.17, 15) is 19.2 Å². The predicted molar refractivity (Wildman–Crippen MR) is 173 cm³/mol. The number of halogens is 2. The van der Waals surface area contributed by atoms with Crippen LogP contribution in [0.2, 0.25) is 10.0 Å². The van der Waals surface area contributed by atoms with Crippen molar-refractivity contribution in [1.82, 2.24) is 5.32 Å². The van der Waals surface area contributed by atoms with Gasteiger partial charge in [-0.1, -0.05) is 53.5 Å². The number of benzene rings is 4. The van der Waals surface area contributed by atoms with E-state index in [1.54, 1.807) is 78.9 Å². The summed E-state index contributed by atoms with van der Waals surface area (Å²) >= 11 is 13.3. The lowest BCUT2D eigenvalue weighted by Gasteiger charge is -2.16. The molecule has 0 spiro atoms. The van der Waals surface area contributed by atoms with Gasteiger partial charge in [0.05, 0.1) is 21.0 Å². The normalized spacial score (nSPS) is 15.7. The van der Waals surface area contributed by atoms with E-state index in [-0.39, 0.29) is 35.7 Å². The van der Waals surface area contributed by atoms with Gasteiger partial charge in [-0.15, -0.1) is 11.8 Å². The molecule has 4 aromatic carbocycles. The topological polar surface area (TPSA) is 114 Å². The molecule has 0 aromatic heterocycles. The quantitative estimate of drug-likeness (QED) is 0.163. The van der Waals surface area contributed by atoms with Gasteiger partial charge in [-0.3, -0.25) is 19.2 Å². The Labute approximate surface area is 272 Å². The molecule has 9 nitrogen and oxygen atoms in total. The molecule has 226 valence electrons. The summed E-state index contributed by atoms with van der Waals surface area (Å²) < 4.78 is 10.8. The van der Waals surface area contributed by atoms with Gasteiger partial charge in [0.1, 0.15) is 5.70 Å². The third kappa shape index (κ3) is 6.83. The van der Waals surface area contributed by atoms with Crippen LogP contribution in [0.1, 0.15) is 22.3 Å². The van der Waals surface area contributed by atoms with Crippen molar-refractivity contribution in [2.45, 2.75) is 16.6 Å². The largest absolute Gasteiger partial charge is 0.454 e. The predicted octanol–water partition coefficient (Wildman–Crippen LogP) is 6.56. The average molecular weight is 661 g/mol. The van der Waals surface area contributed by atoms with Crippen LogP contribution in [0.25, 0.3) is 6.08 Å². The lowest BCUT2D eigenvalue weighted by Crippen LogP contribution is -2.31. The van der Waals surface area contributed by atoms with Crippen molar-refractivity contribution in [3.8, 4) is 11.5 Å². The average Bonchev–Trinajstić information content (AvgIpc) is 3.61. The minimum absolute atomic E-state index is 0.00499. The van der Waals surface area contributed by atoms with E-state index in [4.69, 9.17) is 32.7 Å². The van der Waals surface area contributed by atoms with Crippen LogP contribution >= 0.6 is 35.0 Å². The third-order valence-electron chi connectivity index (χ3n) is 6.87. The van der Waals surface area contributed by atoms with Gasteiger partial charge in [-0.2, -0.15) is 0 Å². The fourth-order valence-electron chi connectivity index (χ4n) is 4.71. The number of imide groups is 1. The molecule has 2 aliphatic heterocycles. The molecule has 1 fully saturated rings. The molecular formula is C33H23Cl2N3O6S. The zero-order valence-electron chi connectivity index (χ0n) is 23.3. The number of ether oxygens (including phenoxy) is 2. The summed E-state index contributed by atoms with van der Waals surface area (Å²) in [4.78, 5) is 54.3. The van der Waals surface area contributed by atoms with Crippen LogP contribution in [0.4, 0.5) is 11.4 Å². The van der Waals surface area contributed by atoms with Gasteiger partial charge in [0.2, 0.25) is 18.6 Å². The van der Waals surface area contributed by atoms with Gasteiger partial charge in [-0.05, 0) is 72.3 Å². The van der Waals surface area contributed by atoms with Gasteiger partial charge < -0.3 is 20.1 Å². The second kappa shape index (κ2) is 13.1. The number of nitrogens with zero attached hydrogens (tertiary/aromatic N) is 1. The smallest absolute Gasteiger partial charge is 0.272 e. The van der Waals surface area contributed by atoms with Crippen LogP contribution in [0.15, 0.2) is 102 Å². The highest BCUT2D eigenvalue weighted by molar-refractivity contribution is 8.00. The highest BCUT2D eigenvalue weighted by Gasteiger charge is 2.40. The lowest BCUT2D eigenvalue weighted by atomic mass is 10.1. The molecule has 0 radical (unpaired) electrons. The molecule has 12 heteroatoms. The van der Waals surface area contributed by atoms with E-state index in [0.29, 0.717) is 43.9 Å². The standard InChI is InChI=1S/C33H23Cl2N3O6S/c34-24-11-10-22(16-25(24)35)38-30(39)17-29(33(38)42)45-23-8-4-7-21(15-23)36-32(41)26(37-31(40)20-5-2-1-3-6-20)13-19-9-12-27-28(14-19)44-18-43-27/h1-16,29H,17-18H2,(H,36,41)(H,37,40)/b26-13-/t29-/m0/s1. The van der Waals surface area contributed by atoms with E-state index in [0.717, 1.165) is 4.90 Å². The third-order valence-corrected chi connectivity index (χ3v) is 8.79. The molecule has 0 bridgehead atoms. The Hall–Kier alpha value is -4.77. The number of amides is 4. The molecule has 1 saturated heterocycles. The summed E-state index contributed by atoms with van der Waals surface area (Å²) in [6.45, 7) is 0.100. The Morgan fingerprint density at radius 3 is 2.47 bits per heavy atom. The van der Waals surface area contributed by atoms with Crippen LogP contribution in [0.5, 0.6) is 11.5 Å². The molecule has 0 saturated carbocycles. The monoisotopic (exact) mass is 659 g/mol. The summed E-state index contributed by atoms with van der Waals surface area (Å²) in [5, 5.41) is 5.41. The fraction of sp³-hybridized carbons (Fsp3) is 0.0909. The van der Waals surface area contributed by atoms with Crippen LogP contribution in [0, 0.1) is 0 Å². The van der Waals surface area contributed by atoms with Crippen molar-refractivity contribution in [3.05, 3.63) is 118 Å². The minimum Gasteiger partial charge on any atom is -0.454 e. The first kappa shape index (κ1) is 30.3. The van der Waals surface area contributed by atoms with Crippen molar-refractivity contribution in [1.29, 1.82) is 0 Å². The maximum absolute atomic E-state index is 13.5. The number of thioether (sulfide) groups is 1. The second-order valence-corrected chi connectivity index (χ2v) is 12.0. The molecule has 1 atom stereocenters. The van der Waals surface area contributed by atoms with Crippen molar-refractivity contribution < 1.29 is 28.7 Å². The van der Waals surface area contributed by atoms with E-state index in [1.165, 1.54) is 30.0 Å². The molecule has 4 amide bonds. The van der Waals surface area contributed by atoms with E-state index < -0.39 is 17.1 Å². The number of carbonyl (C=O) groups is 4. The SMILES string of the molecule is O=C(Nc1cccc(S[C@H]2CC(=O)N(c3ccc(Cl)c(Cl)c3)C2=O)c1)/C(=C/c1ccc2c(c1)OCO2)NC(=O)c1ccccc1. The highest BCUT2D eigenvalue weighted by atomic mass is 35.5. The van der Waals surface area contributed by atoms with Gasteiger partial charge in [0.15, 0.2) is 11.5 Å². The number of hydrogen-bond donors (Lipinski definition) is 2. The summed E-state index contributed by atoms with van der Waals surface area (Å²) in [6, 6.07) is 25.2. The fourth-order valence-corrected chi connectivity index (χ4v) is 6.12. The van der Waals surface area contributed by atoms with Crippen LogP contribution in [-0.4, -0.2) is 35.7 Å². The molecule has 0 unspecified atom stereocenters. The molecule has 4 aromatic rings. The molecule has 2 heterocycles. The van der Waals surface area contributed by atoms with Crippen molar-refractivity contribution in [2.24, 2.45) is 0 Å². The highest BCUT2D eigenvalue weighted by Crippen LogP contribution is 2.37. The number of nitrogens with one attached hydrogen (secondary N) is 2. The van der Waals surface area contributed by atoms with Gasteiger partial charge in [0, 0.05) is 22.6 Å². The first-order valence-electron chi connectivity index (χ1n) is 13.6. The van der Waals surface area contributed by atoms with Crippen LogP contribution in [0.3, 0.4) is 0 Å². The number of fused-ring (bicyclic) bond motifs is 1. The molecular weight excluding hydrogens is 637 g/mol. The zero-order chi connectivity index (χ0) is 31.5. The van der Waals surface area contributed by atoms with Gasteiger partial charge in [-0.25, -0.2) is 4.90 Å². The molecule has 6 rings (SSSR count). The van der Waals surface area contributed by atoms with Crippen molar-refractivity contribution in [2.75, 3.05) is 17.0 Å². The van der Waals surface area contributed by atoms with Gasteiger partial charge >= 0.3 is 0 Å². The number of rotatable bonds is 8. The van der Waals surface area contributed by atoms with E-state index >= 15 is 0 Å². The van der Waals surface area contributed by atoms with E-state index in [2.05, 4.69) is 10.6 Å². The Morgan fingerprint density at radius 1 is 0.867 bits per heavy atom. The van der Waals surface area contributed by atoms with Crippen molar-refractivity contribution in [3.63, 3.8) is 0 Å². The van der Waals surface area contributed by atoms with Crippen molar-refractivity contribution >= 4 is 76.0 Å². The number of carbonyl (C=O) groups excluding carboxylic acids is 4. The maximum atomic E-state index is 13.5. The summed E-state index contributed by atoms with van der Waals surface area (Å²) in [5.74, 6) is -0.651. The second-order valence-electron chi connectivity index (χ2n) is 9.95. The lowest BCUT2D eigenvalue weighted by molar-refractivity contribution is -0.121. The first-order valence-corrected chi connectivity index (χ1v) is 15.3. The number of hydrogen-bond acceptors (Lipinski definition) is 7. The van der Waals surface area contributed by atoms with Crippen LogP contribution < -0.4 is 25.0 Å². The Kier molecular flexibility index (Phi) is 8.79. The molecule has 2 aliphatic rings. The minimum atomic E-state index is -0.676. The van der Waals surface area contributed by atoms with Crippen LogP contribution in [-0.2, 0) is 14.4 Å². The Morgan fingerprint density at radius 2 is 1.67 bits per heavy atom. The Bertz CT molecular complexity index is 1870. The maximum Gasteiger partial charge on any atom is 0.272 e. The molecule has 2 N–H and O–H groups in total. The van der Waals surface area contributed by atoms with E-state index in [1.807, 2.05) is 0 Å². The summed E-state index contributed by atoms with van der Waals surface area (Å²) in [7, 11) is 0. The first-order chi connectivity index (χ1) is 21.7. The molecule has 0 aliphatic carbocycles. The zero-order valence-corrected chi connectivity index (χ0v) is 25.6. The summed E-state index contributed by atoms with van der Waals surface area (Å²) in [5.41, 5.74) is 1.76. The Balaban J connectivity index is 1.20. The number of anilines is 2. The summed E-state index contributed by atoms with van der Waals surface area (Å²) in [6.07, 6.45) is 1.53. The van der Waals surface area contributed by atoms with Gasteiger partial charge in [0.25, 0.3) is 11.8 Å².